The van der Waals surface area contributed by atoms with E-state index in [1.54, 1.807) is 0 Å². The number of ether oxygens (including phenoxy) is 1. The van der Waals surface area contributed by atoms with Crippen molar-refractivity contribution >= 4 is 11.9 Å². The van der Waals surface area contributed by atoms with Gasteiger partial charge in [0.15, 0.2) is 29.5 Å². The molecule has 2 aliphatic rings. The van der Waals surface area contributed by atoms with Crippen LogP contribution in [0.25, 0.3) is 0 Å². The lowest BCUT2D eigenvalue weighted by Gasteiger charge is -2.46. The van der Waals surface area contributed by atoms with E-state index in [2.05, 4.69) is 9.57 Å². The highest BCUT2D eigenvalue weighted by Gasteiger charge is 2.50. The van der Waals surface area contributed by atoms with Crippen LogP contribution < -0.4 is 0 Å². The Balaban J connectivity index is 1.84. The molecule has 0 spiro atoms. The SMILES string of the molecule is O=C1OC2C(Cc3c(F)c(F)c(F)c(F)c3F)CN2OC1=O. The largest absolute Gasteiger partial charge is 0.436 e. The Morgan fingerprint density at radius 1 is 0.909 bits per heavy atom. The van der Waals surface area contributed by atoms with Gasteiger partial charge >= 0.3 is 11.9 Å². The molecule has 2 unspecified atom stereocenters. The Labute approximate surface area is 119 Å². The van der Waals surface area contributed by atoms with Gasteiger partial charge < -0.3 is 9.57 Å². The van der Waals surface area contributed by atoms with Crippen LogP contribution in [0.3, 0.4) is 0 Å². The second-order valence-electron chi connectivity index (χ2n) is 4.79. The molecule has 2 heterocycles. The molecular formula is C12H6F5NO4. The van der Waals surface area contributed by atoms with Crippen molar-refractivity contribution in [2.75, 3.05) is 6.54 Å². The number of hydroxylamine groups is 2. The van der Waals surface area contributed by atoms with Gasteiger partial charge in [-0.05, 0) is 6.42 Å². The van der Waals surface area contributed by atoms with Gasteiger partial charge in [0, 0.05) is 18.0 Å². The Bertz CT molecular complexity index is 666. The van der Waals surface area contributed by atoms with E-state index in [1.807, 2.05) is 0 Å². The second-order valence-corrected chi connectivity index (χ2v) is 4.79. The van der Waals surface area contributed by atoms with E-state index in [0.29, 0.717) is 0 Å². The summed E-state index contributed by atoms with van der Waals surface area (Å²) in [4.78, 5) is 26.4. The monoisotopic (exact) mass is 323 g/mol. The van der Waals surface area contributed by atoms with Crippen LogP contribution in [0, 0.1) is 35.0 Å². The van der Waals surface area contributed by atoms with E-state index in [1.165, 1.54) is 0 Å². The van der Waals surface area contributed by atoms with Crippen LogP contribution in [0.4, 0.5) is 22.0 Å². The van der Waals surface area contributed by atoms with Gasteiger partial charge in [-0.2, -0.15) is 0 Å². The third-order valence-corrected chi connectivity index (χ3v) is 3.46. The summed E-state index contributed by atoms with van der Waals surface area (Å²) in [6.07, 6.45) is -1.68. The Kier molecular flexibility index (Phi) is 3.28. The topological polar surface area (TPSA) is 55.8 Å². The molecule has 0 aliphatic carbocycles. The number of fused-ring (bicyclic) bond motifs is 1. The lowest BCUT2D eigenvalue weighted by Crippen LogP contribution is -2.63. The van der Waals surface area contributed by atoms with E-state index in [-0.39, 0.29) is 6.54 Å². The fourth-order valence-corrected chi connectivity index (χ4v) is 2.33. The Morgan fingerprint density at radius 2 is 1.45 bits per heavy atom. The van der Waals surface area contributed by atoms with Crippen LogP contribution in [-0.4, -0.2) is 29.8 Å². The van der Waals surface area contributed by atoms with Gasteiger partial charge in [0.2, 0.25) is 5.82 Å². The minimum atomic E-state index is -2.24. The van der Waals surface area contributed by atoms with Crippen molar-refractivity contribution in [3.63, 3.8) is 0 Å². The minimum Gasteiger partial charge on any atom is -0.434 e. The van der Waals surface area contributed by atoms with Crippen LogP contribution in [0.2, 0.25) is 0 Å². The summed E-state index contributed by atoms with van der Waals surface area (Å²) < 4.78 is 70.9. The summed E-state index contributed by atoms with van der Waals surface area (Å²) >= 11 is 0. The lowest BCUT2D eigenvalue weighted by molar-refractivity contribution is -0.322. The molecule has 0 aromatic heterocycles. The molecule has 0 amide bonds. The summed E-state index contributed by atoms with van der Waals surface area (Å²) in [7, 11) is 0. The van der Waals surface area contributed by atoms with Crippen LogP contribution in [-0.2, 0) is 25.6 Å². The molecule has 2 aliphatic heterocycles. The van der Waals surface area contributed by atoms with Crippen molar-refractivity contribution in [2.24, 2.45) is 5.92 Å². The van der Waals surface area contributed by atoms with Crippen molar-refractivity contribution in [1.29, 1.82) is 0 Å². The predicted octanol–water partition coefficient (Wildman–Crippen LogP) is 1.20. The van der Waals surface area contributed by atoms with E-state index >= 15 is 0 Å². The average Bonchev–Trinajstić information content (AvgIpc) is 2.48. The van der Waals surface area contributed by atoms with Crippen molar-refractivity contribution in [3.8, 4) is 0 Å². The maximum atomic E-state index is 13.6. The first-order valence-electron chi connectivity index (χ1n) is 6.01. The lowest BCUT2D eigenvalue weighted by atomic mass is 9.90. The summed E-state index contributed by atoms with van der Waals surface area (Å²) in [6.45, 7) is -0.0663. The van der Waals surface area contributed by atoms with E-state index in [4.69, 9.17) is 0 Å². The van der Waals surface area contributed by atoms with Crippen LogP contribution in [0.15, 0.2) is 0 Å². The third kappa shape index (κ3) is 2.02. The van der Waals surface area contributed by atoms with E-state index in [0.717, 1.165) is 5.06 Å². The molecule has 10 heteroatoms. The molecule has 2 atom stereocenters. The number of carbonyl (C=O) groups is 2. The number of hydrogen-bond acceptors (Lipinski definition) is 5. The van der Waals surface area contributed by atoms with Crippen molar-refractivity contribution in [3.05, 3.63) is 34.6 Å². The van der Waals surface area contributed by atoms with Crippen LogP contribution >= 0.6 is 0 Å². The van der Waals surface area contributed by atoms with Gasteiger partial charge in [0.05, 0.1) is 0 Å². The predicted molar refractivity (Wildman–Crippen MR) is 56.1 cm³/mol. The summed E-state index contributed by atoms with van der Waals surface area (Å²) in [6, 6.07) is 0. The standard InChI is InChI=1S/C12H6F5NO4/c13-5-4(6(14)8(16)9(17)7(5)15)1-3-2-18-10(3)21-11(19)12(20)22-18/h3,10H,1-2H2. The first-order chi connectivity index (χ1) is 10.3. The molecule has 0 radical (unpaired) electrons. The van der Waals surface area contributed by atoms with Crippen molar-refractivity contribution in [2.45, 2.75) is 12.6 Å². The highest BCUT2D eigenvalue weighted by molar-refractivity contribution is 6.30. The molecule has 2 fully saturated rings. The molecule has 0 bridgehead atoms. The fraction of sp³-hybridized carbons (Fsp3) is 0.333. The van der Waals surface area contributed by atoms with Crippen molar-refractivity contribution in [1.82, 2.24) is 5.06 Å². The number of rotatable bonds is 2. The quantitative estimate of drug-likeness (QED) is 0.269. The smallest absolute Gasteiger partial charge is 0.434 e. The highest BCUT2D eigenvalue weighted by Crippen LogP contribution is 2.34. The minimum absolute atomic E-state index is 0.0663. The molecule has 2 saturated heterocycles. The number of hydrogen-bond donors (Lipinski definition) is 0. The Hall–Kier alpha value is -2.23. The van der Waals surface area contributed by atoms with Crippen molar-refractivity contribution < 1.29 is 41.1 Å². The molecule has 0 N–H and O–H groups in total. The maximum Gasteiger partial charge on any atom is 0.436 e. The number of nitrogens with zero attached hydrogens (tertiary/aromatic N) is 1. The molecular weight excluding hydrogens is 317 g/mol. The van der Waals surface area contributed by atoms with Gasteiger partial charge in [-0.3, -0.25) is 0 Å². The molecule has 3 rings (SSSR count). The van der Waals surface area contributed by atoms with Gasteiger partial charge in [0.25, 0.3) is 0 Å². The molecule has 118 valence electrons. The first kappa shape index (κ1) is 14.7. The van der Waals surface area contributed by atoms with Gasteiger partial charge in [-0.15, -0.1) is 0 Å². The second kappa shape index (κ2) is 4.90. The fourth-order valence-electron chi connectivity index (χ4n) is 2.33. The number of benzene rings is 1. The molecule has 1 aromatic rings. The highest BCUT2D eigenvalue weighted by atomic mass is 19.2. The average molecular weight is 323 g/mol. The normalized spacial score (nSPS) is 24.4. The molecule has 1 aromatic carbocycles. The number of halogens is 5. The van der Waals surface area contributed by atoms with E-state index < -0.39 is 65.2 Å². The zero-order valence-corrected chi connectivity index (χ0v) is 10.5. The number of esters is 1. The van der Waals surface area contributed by atoms with Crippen LogP contribution in [0.5, 0.6) is 0 Å². The molecule has 0 saturated carbocycles. The zero-order valence-electron chi connectivity index (χ0n) is 10.5. The van der Waals surface area contributed by atoms with E-state index in [9.17, 15) is 31.5 Å². The first-order valence-corrected chi connectivity index (χ1v) is 6.01. The zero-order chi connectivity index (χ0) is 16.2. The van der Waals surface area contributed by atoms with Crippen LogP contribution in [0.1, 0.15) is 5.56 Å². The van der Waals surface area contributed by atoms with Gasteiger partial charge in [-0.1, -0.05) is 5.06 Å². The summed E-state index contributed by atoms with van der Waals surface area (Å²) in [5.74, 6) is -13.5. The summed E-state index contributed by atoms with van der Waals surface area (Å²) in [5, 5.41) is 0.945. The Morgan fingerprint density at radius 3 is 2.05 bits per heavy atom. The summed E-state index contributed by atoms with van der Waals surface area (Å²) in [5.41, 5.74) is -1.01. The van der Waals surface area contributed by atoms with Gasteiger partial charge in [0.1, 0.15) is 0 Å². The van der Waals surface area contributed by atoms with Gasteiger partial charge in [-0.25, -0.2) is 31.5 Å². The number of carbonyl (C=O) groups excluding carboxylic acids is 2. The third-order valence-electron chi connectivity index (χ3n) is 3.46. The molecule has 5 nitrogen and oxygen atoms in total. The maximum absolute atomic E-state index is 13.6. The molecule has 22 heavy (non-hydrogen) atoms.